The second-order valence-electron chi connectivity index (χ2n) is 3.19. The maximum Gasteiger partial charge on any atom is 0.161 e. The lowest BCUT2D eigenvalue weighted by Gasteiger charge is -2.33. The van der Waals surface area contributed by atoms with Crippen molar-refractivity contribution in [3.8, 4) is 0 Å². The molecule has 0 heterocycles. The van der Waals surface area contributed by atoms with Crippen molar-refractivity contribution in [2.24, 2.45) is 5.92 Å². The van der Waals surface area contributed by atoms with Crippen LogP contribution in [0.5, 0.6) is 0 Å². The van der Waals surface area contributed by atoms with E-state index in [-0.39, 0.29) is 11.7 Å². The van der Waals surface area contributed by atoms with Crippen LogP contribution in [0.15, 0.2) is 12.2 Å². The van der Waals surface area contributed by atoms with Gasteiger partial charge in [0, 0.05) is 5.92 Å². The highest BCUT2D eigenvalue weighted by Gasteiger charge is 2.36. The topological polar surface area (TPSA) is 37.3 Å². The van der Waals surface area contributed by atoms with E-state index in [4.69, 9.17) is 0 Å². The fourth-order valence-corrected chi connectivity index (χ4v) is 1.42. The van der Waals surface area contributed by atoms with Crippen LogP contribution in [0.3, 0.4) is 0 Å². The largest absolute Gasteiger partial charge is 0.389 e. The predicted molar refractivity (Wildman–Crippen MR) is 43.2 cm³/mol. The first kappa shape index (κ1) is 8.47. The minimum atomic E-state index is -0.786. The molecule has 11 heavy (non-hydrogen) atoms. The van der Waals surface area contributed by atoms with Gasteiger partial charge in [-0.1, -0.05) is 19.9 Å². The lowest BCUT2D eigenvalue weighted by atomic mass is 9.77. The van der Waals surface area contributed by atoms with Crippen LogP contribution in [-0.2, 0) is 4.79 Å². The van der Waals surface area contributed by atoms with E-state index < -0.39 is 5.60 Å². The number of carbonyl (C=O) groups is 1. The van der Waals surface area contributed by atoms with Crippen molar-refractivity contribution in [3.05, 3.63) is 12.2 Å². The van der Waals surface area contributed by atoms with Crippen molar-refractivity contribution in [1.29, 1.82) is 0 Å². The van der Waals surface area contributed by atoms with E-state index in [1.807, 2.05) is 6.92 Å². The van der Waals surface area contributed by atoms with Gasteiger partial charge in [-0.05, 0) is 18.9 Å². The number of allylic oxidation sites excluding steroid dienone is 1. The fraction of sp³-hybridized carbons (Fsp3) is 0.667. The number of hydrogen-bond donors (Lipinski definition) is 1. The van der Waals surface area contributed by atoms with Gasteiger partial charge in [-0.25, -0.2) is 0 Å². The second-order valence-corrected chi connectivity index (χ2v) is 3.19. The van der Waals surface area contributed by atoms with Crippen LogP contribution in [-0.4, -0.2) is 16.5 Å². The molecule has 2 nitrogen and oxygen atoms in total. The Labute approximate surface area is 66.9 Å². The molecule has 0 aromatic heterocycles. The van der Waals surface area contributed by atoms with E-state index in [0.717, 1.165) is 0 Å². The van der Waals surface area contributed by atoms with Crippen molar-refractivity contribution in [1.82, 2.24) is 0 Å². The maximum absolute atomic E-state index is 11.1. The summed E-state index contributed by atoms with van der Waals surface area (Å²) < 4.78 is 0. The fourth-order valence-electron chi connectivity index (χ4n) is 1.42. The lowest BCUT2D eigenvalue weighted by Crippen LogP contribution is -2.41. The molecule has 2 unspecified atom stereocenters. The van der Waals surface area contributed by atoms with Gasteiger partial charge in [0.1, 0.15) is 0 Å². The number of ketones is 1. The Balaban J connectivity index is 2.85. The predicted octanol–water partition coefficient (Wildman–Crippen LogP) is 1.29. The molecule has 1 rings (SSSR count). The van der Waals surface area contributed by atoms with Gasteiger partial charge in [0.2, 0.25) is 0 Å². The normalized spacial score (nSPS) is 37.7. The SMILES string of the molecule is CCC1(O)CC=CC(=O)C1C. The number of aliphatic hydroxyl groups is 1. The number of carbonyl (C=O) groups excluding carboxylic acids is 1. The summed E-state index contributed by atoms with van der Waals surface area (Å²) in [7, 11) is 0. The number of hydrogen-bond acceptors (Lipinski definition) is 2. The van der Waals surface area contributed by atoms with Crippen molar-refractivity contribution in [2.45, 2.75) is 32.3 Å². The Hall–Kier alpha value is -0.630. The quantitative estimate of drug-likeness (QED) is 0.618. The smallest absolute Gasteiger partial charge is 0.161 e. The standard InChI is InChI=1S/C9H14O2/c1-3-9(11)6-4-5-8(10)7(9)2/h4-5,7,11H,3,6H2,1-2H3. The van der Waals surface area contributed by atoms with Crippen molar-refractivity contribution in [2.75, 3.05) is 0 Å². The summed E-state index contributed by atoms with van der Waals surface area (Å²) in [5.74, 6) is -0.196. The molecule has 0 aromatic carbocycles. The molecular formula is C9H14O2. The molecule has 1 aliphatic rings. The van der Waals surface area contributed by atoms with Crippen LogP contribution >= 0.6 is 0 Å². The van der Waals surface area contributed by atoms with Gasteiger partial charge in [-0.3, -0.25) is 4.79 Å². The third kappa shape index (κ3) is 1.36. The summed E-state index contributed by atoms with van der Waals surface area (Å²) >= 11 is 0. The molecule has 1 aliphatic carbocycles. The van der Waals surface area contributed by atoms with Gasteiger partial charge < -0.3 is 5.11 Å². The van der Waals surface area contributed by atoms with Gasteiger partial charge in [-0.15, -0.1) is 0 Å². The molecule has 0 aliphatic heterocycles. The average molecular weight is 154 g/mol. The Bertz CT molecular complexity index is 196. The molecule has 62 valence electrons. The summed E-state index contributed by atoms with van der Waals surface area (Å²) in [5.41, 5.74) is -0.786. The lowest BCUT2D eigenvalue weighted by molar-refractivity contribution is -0.127. The summed E-state index contributed by atoms with van der Waals surface area (Å²) in [6, 6.07) is 0. The molecule has 0 saturated carbocycles. The molecule has 2 heteroatoms. The van der Waals surface area contributed by atoms with Crippen molar-refractivity contribution in [3.63, 3.8) is 0 Å². The number of rotatable bonds is 1. The second kappa shape index (κ2) is 2.78. The third-order valence-corrected chi connectivity index (χ3v) is 2.60. The molecule has 0 aromatic rings. The summed E-state index contributed by atoms with van der Waals surface area (Å²) in [6.45, 7) is 3.69. The van der Waals surface area contributed by atoms with Gasteiger partial charge in [0.15, 0.2) is 5.78 Å². The zero-order valence-corrected chi connectivity index (χ0v) is 7.00. The third-order valence-electron chi connectivity index (χ3n) is 2.60. The molecule has 0 bridgehead atoms. The molecule has 0 radical (unpaired) electrons. The zero-order chi connectivity index (χ0) is 8.48. The van der Waals surface area contributed by atoms with E-state index in [2.05, 4.69) is 0 Å². The van der Waals surface area contributed by atoms with E-state index in [9.17, 15) is 9.90 Å². The van der Waals surface area contributed by atoms with Gasteiger partial charge >= 0.3 is 0 Å². The van der Waals surface area contributed by atoms with Crippen LogP contribution in [0.1, 0.15) is 26.7 Å². The molecule has 0 spiro atoms. The van der Waals surface area contributed by atoms with Gasteiger partial charge in [0.05, 0.1) is 5.60 Å². The van der Waals surface area contributed by atoms with Crippen LogP contribution in [0.25, 0.3) is 0 Å². The molecule has 0 saturated heterocycles. The highest BCUT2D eigenvalue weighted by molar-refractivity contribution is 5.93. The highest BCUT2D eigenvalue weighted by atomic mass is 16.3. The Morgan fingerprint density at radius 1 is 1.82 bits per heavy atom. The van der Waals surface area contributed by atoms with Crippen LogP contribution in [0.4, 0.5) is 0 Å². The first-order chi connectivity index (χ1) is 5.10. The average Bonchev–Trinajstić information content (AvgIpc) is 2.00. The minimum absolute atomic E-state index is 0.0422. The highest BCUT2D eigenvalue weighted by Crippen LogP contribution is 2.29. The minimum Gasteiger partial charge on any atom is -0.389 e. The van der Waals surface area contributed by atoms with Gasteiger partial charge in [-0.2, -0.15) is 0 Å². The van der Waals surface area contributed by atoms with Crippen molar-refractivity contribution >= 4 is 5.78 Å². The Morgan fingerprint density at radius 3 is 2.91 bits per heavy atom. The monoisotopic (exact) mass is 154 g/mol. The molecule has 2 atom stereocenters. The zero-order valence-electron chi connectivity index (χ0n) is 7.00. The molecule has 0 fully saturated rings. The van der Waals surface area contributed by atoms with Crippen molar-refractivity contribution < 1.29 is 9.90 Å². The van der Waals surface area contributed by atoms with E-state index in [1.165, 1.54) is 0 Å². The van der Waals surface area contributed by atoms with E-state index >= 15 is 0 Å². The summed E-state index contributed by atoms with van der Waals surface area (Å²) in [4.78, 5) is 11.1. The molecule has 0 amide bonds. The van der Waals surface area contributed by atoms with E-state index in [1.54, 1.807) is 19.1 Å². The Kier molecular flexibility index (Phi) is 2.14. The molecule has 1 N–H and O–H groups in total. The first-order valence-electron chi connectivity index (χ1n) is 4.03. The Morgan fingerprint density at radius 2 is 2.45 bits per heavy atom. The van der Waals surface area contributed by atoms with Gasteiger partial charge in [0.25, 0.3) is 0 Å². The van der Waals surface area contributed by atoms with Crippen LogP contribution < -0.4 is 0 Å². The van der Waals surface area contributed by atoms with E-state index in [0.29, 0.717) is 12.8 Å². The summed E-state index contributed by atoms with van der Waals surface area (Å²) in [5, 5.41) is 9.85. The first-order valence-corrected chi connectivity index (χ1v) is 4.03. The molecular weight excluding hydrogens is 140 g/mol. The van der Waals surface area contributed by atoms with Crippen LogP contribution in [0.2, 0.25) is 0 Å². The maximum atomic E-state index is 11.1. The summed E-state index contributed by atoms with van der Waals surface area (Å²) in [6.07, 6.45) is 4.57. The van der Waals surface area contributed by atoms with Crippen LogP contribution in [0, 0.1) is 5.92 Å².